The van der Waals surface area contributed by atoms with Gasteiger partial charge in [-0.25, -0.2) is 0 Å². The summed E-state index contributed by atoms with van der Waals surface area (Å²) in [6, 6.07) is 0. The number of carbonyl (C=O) groups excluding carboxylic acids is 1. The summed E-state index contributed by atoms with van der Waals surface area (Å²) in [7, 11) is 0. The molecule has 1 aliphatic heterocycles. The zero-order valence-corrected chi connectivity index (χ0v) is 10.1. The second-order valence-corrected chi connectivity index (χ2v) is 5.34. The van der Waals surface area contributed by atoms with E-state index in [0.29, 0.717) is 12.5 Å². The van der Waals surface area contributed by atoms with E-state index in [-0.39, 0.29) is 24.9 Å². The third-order valence-corrected chi connectivity index (χ3v) is 4.04. The molecule has 0 spiro atoms. The van der Waals surface area contributed by atoms with Gasteiger partial charge >= 0.3 is 0 Å². The number of rotatable bonds is 2. The van der Waals surface area contributed by atoms with Gasteiger partial charge in [-0.1, -0.05) is 6.42 Å². The Hall–Kier alpha value is -0.650. The highest BCUT2D eigenvalue weighted by atomic mass is 16.3. The average Bonchev–Trinajstić information content (AvgIpc) is 2.69. The van der Waals surface area contributed by atoms with Crippen molar-refractivity contribution in [1.29, 1.82) is 0 Å². The summed E-state index contributed by atoms with van der Waals surface area (Å²) >= 11 is 0. The first-order valence-electron chi connectivity index (χ1n) is 6.46. The minimum absolute atomic E-state index is 0.0369. The van der Waals surface area contributed by atoms with Crippen molar-refractivity contribution >= 4 is 5.91 Å². The summed E-state index contributed by atoms with van der Waals surface area (Å²) in [5, 5.41) is 18.9. The fourth-order valence-electron chi connectivity index (χ4n) is 2.94. The van der Waals surface area contributed by atoms with Crippen molar-refractivity contribution in [2.24, 2.45) is 17.6 Å². The zero-order chi connectivity index (χ0) is 12.4. The summed E-state index contributed by atoms with van der Waals surface area (Å²) in [5.41, 5.74) is 5.66. The van der Waals surface area contributed by atoms with E-state index in [9.17, 15) is 15.0 Å². The Balaban J connectivity index is 1.91. The van der Waals surface area contributed by atoms with Gasteiger partial charge in [0.05, 0.1) is 12.2 Å². The molecule has 4 N–H and O–H groups in total. The van der Waals surface area contributed by atoms with Crippen LogP contribution < -0.4 is 5.73 Å². The summed E-state index contributed by atoms with van der Waals surface area (Å²) in [5.74, 6) is 0.573. The van der Waals surface area contributed by atoms with E-state index in [1.165, 1.54) is 0 Å². The lowest BCUT2D eigenvalue weighted by molar-refractivity contribution is -0.136. The number of hydrogen-bond acceptors (Lipinski definition) is 4. The van der Waals surface area contributed by atoms with Crippen molar-refractivity contribution in [1.82, 2.24) is 4.90 Å². The maximum atomic E-state index is 12.2. The Morgan fingerprint density at radius 1 is 1.24 bits per heavy atom. The molecule has 0 bridgehead atoms. The van der Waals surface area contributed by atoms with Crippen LogP contribution in [0.1, 0.15) is 25.7 Å². The molecule has 0 aromatic heterocycles. The molecule has 0 radical (unpaired) electrons. The van der Waals surface area contributed by atoms with Crippen molar-refractivity contribution in [2.75, 3.05) is 19.6 Å². The van der Waals surface area contributed by atoms with E-state index in [1.807, 2.05) is 0 Å². The normalized spacial score (nSPS) is 38.4. The van der Waals surface area contributed by atoms with Crippen LogP contribution in [-0.4, -0.2) is 52.9 Å². The first kappa shape index (κ1) is 12.8. The third kappa shape index (κ3) is 2.78. The molecule has 0 aromatic carbocycles. The fourth-order valence-corrected chi connectivity index (χ4v) is 2.94. The molecular weight excluding hydrogens is 220 g/mol. The SMILES string of the molecule is NCC1CCCC(C(=O)N2CC(O)C(O)C2)C1. The number of nitrogens with two attached hydrogens (primary N) is 1. The standard InChI is InChI=1S/C12H22N2O3/c13-5-8-2-1-3-9(4-8)12(17)14-6-10(15)11(16)7-14/h8-11,15-16H,1-7,13H2. The lowest BCUT2D eigenvalue weighted by atomic mass is 9.81. The largest absolute Gasteiger partial charge is 0.388 e. The van der Waals surface area contributed by atoms with E-state index in [1.54, 1.807) is 4.90 Å². The van der Waals surface area contributed by atoms with Crippen LogP contribution in [0.4, 0.5) is 0 Å². The Morgan fingerprint density at radius 3 is 2.47 bits per heavy atom. The van der Waals surface area contributed by atoms with Gasteiger partial charge in [-0.05, 0) is 31.7 Å². The predicted molar refractivity (Wildman–Crippen MR) is 63.1 cm³/mol. The molecule has 5 heteroatoms. The molecular formula is C12H22N2O3. The molecule has 4 atom stereocenters. The van der Waals surface area contributed by atoms with Crippen LogP contribution in [0.5, 0.6) is 0 Å². The van der Waals surface area contributed by atoms with Crippen molar-refractivity contribution in [3.8, 4) is 0 Å². The topological polar surface area (TPSA) is 86.8 Å². The van der Waals surface area contributed by atoms with Crippen LogP contribution in [-0.2, 0) is 4.79 Å². The van der Waals surface area contributed by atoms with Gasteiger partial charge in [-0.15, -0.1) is 0 Å². The number of amides is 1. The van der Waals surface area contributed by atoms with Crippen LogP contribution in [0.2, 0.25) is 0 Å². The highest BCUT2D eigenvalue weighted by molar-refractivity contribution is 5.79. The number of hydrogen-bond donors (Lipinski definition) is 3. The molecule has 1 saturated heterocycles. The Morgan fingerprint density at radius 2 is 1.88 bits per heavy atom. The summed E-state index contributed by atoms with van der Waals surface area (Å²) in [4.78, 5) is 13.8. The maximum Gasteiger partial charge on any atom is 0.225 e. The zero-order valence-electron chi connectivity index (χ0n) is 10.1. The molecule has 1 heterocycles. The van der Waals surface area contributed by atoms with Crippen LogP contribution in [0, 0.1) is 11.8 Å². The maximum absolute atomic E-state index is 12.2. The minimum atomic E-state index is -0.784. The van der Waals surface area contributed by atoms with Crippen LogP contribution >= 0.6 is 0 Å². The molecule has 2 aliphatic rings. The summed E-state index contributed by atoms with van der Waals surface area (Å²) in [6.45, 7) is 1.18. The van der Waals surface area contributed by atoms with Crippen molar-refractivity contribution < 1.29 is 15.0 Å². The minimum Gasteiger partial charge on any atom is -0.388 e. The third-order valence-electron chi connectivity index (χ3n) is 4.04. The smallest absolute Gasteiger partial charge is 0.225 e. The summed E-state index contributed by atoms with van der Waals surface area (Å²) < 4.78 is 0. The van der Waals surface area contributed by atoms with Gasteiger partial charge in [0.15, 0.2) is 0 Å². The molecule has 1 amide bonds. The monoisotopic (exact) mass is 242 g/mol. The second-order valence-electron chi connectivity index (χ2n) is 5.34. The van der Waals surface area contributed by atoms with Crippen LogP contribution in [0.3, 0.4) is 0 Å². The number of likely N-dealkylation sites (tertiary alicyclic amines) is 1. The Labute approximate surface area is 102 Å². The van der Waals surface area contributed by atoms with E-state index in [4.69, 9.17) is 5.73 Å². The first-order valence-corrected chi connectivity index (χ1v) is 6.46. The molecule has 5 nitrogen and oxygen atoms in total. The second kappa shape index (κ2) is 5.33. The number of β-amino-alcohol motifs (C(OH)–C–C–N with tert-alkyl or cyclic N) is 2. The van der Waals surface area contributed by atoms with Gasteiger partial charge in [-0.2, -0.15) is 0 Å². The molecule has 98 valence electrons. The van der Waals surface area contributed by atoms with Gasteiger partial charge in [-0.3, -0.25) is 4.79 Å². The van der Waals surface area contributed by atoms with E-state index >= 15 is 0 Å². The van der Waals surface area contributed by atoms with Crippen molar-refractivity contribution in [3.63, 3.8) is 0 Å². The lowest BCUT2D eigenvalue weighted by Crippen LogP contribution is -2.38. The number of nitrogens with zero attached hydrogens (tertiary/aromatic N) is 1. The van der Waals surface area contributed by atoms with E-state index in [0.717, 1.165) is 25.7 Å². The molecule has 2 fully saturated rings. The first-order chi connectivity index (χ1) is 8.11. The number of aliphatic hydroxyl groups is 2. The summed E-state index contributed by atoms with van der Waals surface area (Å²) in [6.07, 6.45) is 2.37. The fraction of sp³-hybridized carbons (Fsp3) is 0.917. The Kier molecular flexibility index (Phi) is 4.01. The molecule has 17 heavy (non-hydrogen) atoms. The van der Waals surface area contributed by atoms with Crippen molar-refractivity contribution in [2.45, 2.75) is 37.9 Å². The molecule has 0 aromatic rings. The highest BCUT2D eigenvalue weighted by Gasteiger charge is 2.36. The van der Waals surface area contributed by atoms with Crippen LogP contribution in [0.25, 0.3) is 0 Å². The predicted octanol–water partition coefficient (Wildman–Crippen LogP) is -0.684. The number of aliphatic hydroxyl groups excluding tert-OH is 2. The highest BCUT2D eigenvalue weighted by Crippen LogP contribution is 2.30. The van der Waals surface area contributed by atoms with E-state index in [2.05, 4.69) is 0 Å². The van der Waals surface area contributed by atoms with Gasteiger partial charge in [0.2, 0.25) is 5.91 Å². The van der Waals surface area contributed by atoms with Gasteiger partial charge < -0.3 is 20.8 Å². The average molecular weight is 242 g/mol. The molecule has 4 unspecified atom stereocenters. The Bertz CT molecular complexity index is 275. The van der Waals surface area contributed by atoms with Crippen molar-refractivity contribution in [3.05, 3.63) is 0 Å². The quantitative estimate of drug-likeness (QED) is 0.598. The van der Waals surface area contributed by atoms with E-state index < -0.39 is 12.2 Å². The van der Waals surface area contributed by atoms with Gasteiger partial charge in [0, 0.05) is 19.0 Å². The number of carbonyl (C=O) groups is 1. The van der Waals surface area contributed by atoms with Gasteiger partial charge in [0.25, 0.3) is 0 Å². The molecule has 2 rings (SSSR count). The molecule has 1 aliphatic carbocycles. The van der Waals surface area contributed by atoms with Crippen LogP contribution in [0.15, 0.2) is 0 Å². The molecule has 1 saturated carbocycles. The lowest BCUT2D eigenvalue weighted by Gasteiger charge is -2.30. The van der Waals surface area contributed by atoms with Gasteiger partial charge in [0.1, 0.15) is 0 Å².